The van der Waals surface area contributed by atoms with Crippen LogP contribution >= 0.6 is 34.7 Å². The van der Waals surface area contributed by atoms with Crippen molar-refractivity contribution < 1.29 is 14.3 Å². The summed E-state index contributed by atoms with van der Waals surface area (Å²) in [5, 5.41) is 1.25. The van der Waals surface area contributed by atoms with Crippen LogP contribution in [0.15, 0.2) is 42.5 Å². The molecule has 1 atom stereocenters. The SMILES string of the molecule is COc1ccc(Cl)c2sc(N(CC3CCCO3)C(=O)CSCc3ccccc3)nc12. The molecular weight excluding hydrogens is 440 g/mol. The number of amides is 1. The van der Waals surface area contributed by atoms with Gasteiger partial charge in [-0.25, -0.2) is 4.98 Å². The minimum Gasteiger partial charge on any atom is -0.494 e. The quantitative estimate of drug-likeness (QED) is 0.448. The van der Waals surface area contributed by atoms with Gasteiger partial charge in [-0.2, -0.15) is 0 Å². The highest BCUT2D eigenvalue weighted by atomic mass is 35.5. The highest BCUT2D eigenvalue weighted by Crippen LogP contribution is 2.39. The summed E-state index contributed by atoms with van der Waals surface area (Å²) >= 11 is 9.42. The molecule has 5 nitrogen and oxygen atoms in total. The van der Waals surface area contributed by atoms with Crippen LogP contribution in [0.2, 0.25) is 5.02 Å². The van der Waals surface area contributed by atoms with E-state index in [0.717, 1.165) is 29.9 Å². The number of fused-ring (bicyclic) bond motifs is 1. The minimum absolute atomic E-state index is 0.0283. The van der Waals surface area contributed by atoms with Crippen molar-refractivity contribution in [1.29, 1.82) is 0 Å². The molecule has 1 aliphatic heterocycles. The Morgan fingerprint density at radius 1 is 1.33 bits per heavy atom. The normalized spacial score (nSPS) is 16.1. The van der Waals surface area contributed by atoms with Crippen molar-refractivity contribution in [3.8, 4) is 5.75 Å². The smallest absolute Gasteiger partial charge is 0.238 e. The number of carbonyl (C=O) groups excluding carboxylic acids is 1. The van der Waals surface area contributed by atoms with Crippen LogP contribution in [-0.2, 0) is 15.3 Å². The van der Waals surface area contributed by atoms with Crippen molar-refractivity contribution in [3.63, 3.8) is 0 Å². The summed E-state index contributed by atoms with van der Waals surface area (Å²) in [6.45, 7) is 1.25. The number of thioether (sulfide) groups is 1. The molecule has 0 bridgehead atoms. The molecule has 0 aliphatic carbocycles. The average Bonchev–Trinajstić information content (AvgIpc) is 3.43. The first-order chi connectivity index (χ1) is 14.7. The van der Waals surface area contributed by atoms with Gasteiger partial charge in [0, 0.05) is 12.4 Å². The van der Waals surface area contributed by atoms with Gasteiger partial charge in [0.2, 0.25) is 5.91 Å². The molecule has 1 amide bonds. The van der Waals surface area contributed by atoms with Gasteiger partial charge < -0.3 is 9.47 Å². The van der Waals surface area contributed by atoms with Gasteiger partial charge in [0.05, 0.1) is 35.2 Å². The van der Waals surface area contributed by atoms with Crippen molar-refractivity contribution >= 4 is 56.0 Å². The predicted molar refractivity (Wildman–Crippen MR) is 125 cm³/mol. The van der Waals surface area contributed by atoms with E-state index in [1.165, 1.54) is 16.9 Å². The molecule has 3 aromatic rings. The molecular formula is C22H23ClN2O3S2. The van der Waals surface area contributed by atoms with Crippen molar-refractivity contribution in [2.45, 2.75) is 24.7 Å². The van der Waals surface area contributed by atoms with E-state index >= 15 is 0 Å². The van der Waals surface area contributed by atoms with Gasteiger partial charge >= 0.3 is 0 Å². The third kappa shape index (κ3) is 4.91. The Morgan fingerprint density at radius 2 is 2.17 bits per heavy atom. The first-order valence-corrected chi connectivity index (χ1v) is 12.2. The van der Waals surface area contributed by atoms with E-state index in [0.29, 0.717) is 33.7 Å². The molecule has 0 radical (unpaired) electrons. The number of benzene rings is 2. The third-order valence-corrected chi connectivity index (χ3v) is 7.47. The first kappa shape index (κ1) is 21.4. The van der Waals surface area contributed by atoms with Crippen LogP contribution in [0, 0.1) is 0 Å². The molecule has 0 saturated carbocycles. The van der Waals surface area contributed by atoms with Crippen molar-refractivity contribution in [2.75, 3.05) is 30.9 Å². The zero-order valence-electron chi connectivity index (χ0n) is 16.7. The van der Waals surface area contributed by atoms with Gasteiger partial charge in [0.25, 0.3) is 0 Å². The second-order valence-corrected chi connectivity index (χ2v) is 9.41. The Bertz CT molecular complexity index is 1010. The van der Waals surface area contributed by atoms with Gasteiger partial charge in [-0.1, -0.05) is 53.3 Å². The van der Waals surface area contributed by atoms with Gasteiger partial charge in [-0.3, -0.25) is 9.69 Å². The Morgan fingerprint density at radius 3 is 2.90 bits per heavy atom. The number of hydrogen-bond donors (Lipinski definition) is 0. The zero-order valence-corrected chi connectivity index (χ0v) is 19.1. The van der Waals surface area contributed by atoms with Crippen LogP contribution in [0.4, 0.5) is 5.13 Å². The highest BCUT2D eigenvalue weighted by Gasteiger charge is 2.27. The molecule has 4 rings (SSSR count). The summed E-state index contributed by atoms with van der Waals surface area (Å²) < 4.78 is 12.1. The number of anilines is 1. The molecule has 0 spiro atoms. The van der Waals surface area contributed by atoms with Gasteiger partial charge in [0.15, 0.2) is 5.13 Å². The molecule has 2 heterocycles. The van der Waals surface area contributed by atoms with E-state index < -0.39 is 0 Å². The Balaban J connectivity index is 1.55. The molecule has 0 N–H and O–H groups in total. The minimum atomic E-state index is 0.0283. The standard InChI is InChI=1S/C22H23ClN2O3S2/c1-27-18-10-9-17(23)21-20(18)24-22(30-21)25(12-16-8-5-11-28-16)19(26)14-29-13-15-6-3-2-4-7-15/h2-4,6-7,9-10,16H,5,8,11-14H2,1H3. The molecule has 1 unspecified atom stereocenters. The third-order valence-electron chi connectivity index (χ3n) is 4.95. The lowest BCUT2D eigenvalue weighted by atomic mass is 10.2. The largest absolute Gasteiger partial charge is 0.494 e. The lowest BCUT2D eigenvalue weighted by molar-refractivity contribution is -0.116. The molecule has 8 heteroatoms. The van der Waals surface area contributed by atoms with E-state index in [1.54, 1.807) is 35.9 Å². The van der Waals surface area contributed by atoms with E-state index in [9.17, 15) is 4.79 Å². The second kappa shape index (κ2) is 10.0. The van der Waals surface area contributed by atoms with Crippen LogP contribution in [0.3, 0.4) is 0 Å². The van der Waals surface area contributed by atoms with E-state index in [-0.39, 0.29) is 12.0 Å². The number of ether oxygens (including phenoxy) is 2. The topological polar surface area (TPSA) is 51.7 Å². The molecule has 1 aromatic heterocycles. The predicted octanol–water partition coefficient (Wildman–Crippen LogP) is 5.40. The van der Waals surface area contributed by atoms with E-state index in [1.807, 2.05) is 18.2 Å². The van der Waals surface area contributed by atoms with E-state index in [4.69, 9.17) is 26.1 Å². The van der Waals surface area contributed by atoms with Crippen molar-refractivity contribution in [3.05, 3.63) is 53.1 Å². The van der Waals surface area contributed by atoms with Gasteiger partial charge in [-0.05, 0) is 30.5 Å². The second-order valence-electron chi connectivity index (χ2n) is 7.04. The summed E-state index contributed by atoms with van der Waals surface area (Å²) in [7, 11) is 1.61. The monoisotopic (exact) mass is 462 g/mol. The van der Waals surface area contributed by atoms with E-state index in [2.05, 4.69) is 12.1 Å². The Hall–Kier alpha value is -1.80. The summed E-state index contributed by atoms with van der Waals surface area (Å²) in [6, 6.07) is 13.8. The zero-order chi connectivity index (χ0) is 20.9. The maximum atomic E-state index is 13.2. The van der Waals surface area contributed by atoms with Crippen LogP contribution in [0.1, 0.15) is 18.4 Å². The molecule has 1 aliphatic rings. The lowest BCUT2D eigenvalue weighted by Crippen LogP contribution is -2.38. The molecule has 2 aromatic carbocycles. The Labute approximate surface area is 189 Å². The van der Waals surface area contributed by atoms with Crippen LogP contribution < -0.4 is 9.64 Å². The van der Waals surface area contributed by atoms with Gasteiger partial charge in [0.1, 0.15) is 11.3 Å². The fraction of sp³-hybridized carbons (Fsp3) is 0.364. The number of carbonyl (C=O) groups is 1. The molecule has 1 saturated heterocycles. The number of thiazole rings is 1. The number of methoxy groups -OCH3 is 1. The van der Waals surface area contributed by atoms with Crippen molar-refractivity contribution in [2.24, 2.45) is 0 Å². The summed E-state index contributed by atoms with van der Waals surface area (Å²) in [5.41, 5.74) is 1.89. The summed E-state index contributed by atoms with van der Waals surface area (Å²) in [5.74, 6) is 1.85. The van der Waals surface area contributed by atoms with Gasteiger partial charge in [-0.15, -0.1) is 11.8 Å². The molecule has 158 valence electrons. The van der Waals surface area contributed by atoms with Crippen LogP contribution in [0.5, 0.6) is 5.75 Å². The fourth-order valence-electron chi connectivity index (χ4n) is 3.41. The Kier molecular flexibility index (Phi) is 7.15. The number of nitrogens with zero attached hydrogens (tertiary/aromatic N) is 2. The number of rotatable bonds is 8. The first-order valence-electron chi connectivity index (χ1n) is 9.82. The highest BCUT2D eigenvalue weighted by molar-refractivity contribution is 7.99. The maximum absolute atomic E-state index is 13.2. The number of aromatic nitrogens is 1. The number of halogens is 1. The van der Waals surface area contributed by atoms with Crippen molar-refractivity contribution in [1.82, 2.24) is 4.98 Å². The number of hydrogen-bond acceptors (Lipinski definition) is 6. The summed E-state index contributed by atoms with van der Waals surface area (Å²) in [4.78, 5) is 19.7. The lowest BCUT2D eigenvalue weighted by Gasteiger charge is -2.23. The molecule has 30 heavy (non-hydrogen) atoms. The van der Waals surface area contributed by atoms with Crippen LogP contribution in [-0.4, -0.2) is 43.0 Å². The maximum Gasteiger partial charge on any atom is 0.238 e. The molecule has 1 fully saturated rings. The average molecular weight is 463 g/mol. The summed E-state index contributed by atoms with van der Waals surface area (Å²) in [6.07, 6.45) is 2.02. The van der Waals surface area contributed by atoms with Crippen LogP contribution in [0.25, 0.3) is 10.2 Å². The fourth-order valence-corrected chi connectivity index (χ4v) is 5.55.